The highest BCUT2D eigenvalue weighted by Gasteiger charge is 2.23. The van der Waals surface area contributed by atoms with Crippen LogP contribution in [0.4, 0.5) is 10.5 Å². The molecule has 3 rings (SSSR count). The number of anilines is 1. The first-order valence-electron chi connectivity index (χ1n) is 9.38. The van der Waals surface area contributed by atoms with Crippen LogP contribution in [0.2, 0.25) is 0 Å². The molecule has 1 saturated heterocycles. The summed E-state index contributed by atoms with van der Waals surface area (Å²) in [5.41, 5.74) is 1.94. The molecule has 2 aliphatic heterocycles. The highest BCUT2D eigenvalue weighted by Crippen LogP contribution is 2.27. The molecule has 0 aromatic heterocycles. The molecule has 26 heavy (non-hydrogen) atoms. The Morgan fingerprint density at radius 3 is 2.73 bits per heavy atom. The number of carbonyl (C=O) groups is 2. The van der Waals surface area contributed by atoms with Crippen molar-refractivity contribution in [3.63, 3.8) is 0 Å². The first-order chi connectivity index (χ1) is 12.5. The van der Waals surface area contributed by atoms with Crippen LogP contribution in [0.25, 0.3) is 0 Å². The molecule has 0 spiro atoms. The fourth-order valence-electron chi connectivity index (χ4n) is 3.20. The summed E-state index contributed by atoms with van der Waals surface area (Å²) in [6, 6.07) is 5.87. The monoisotopic (exact) mass is 360 g/mol. The summed E-state index contributed by atoms with van der Waals surface area (Å²) in [7, 11) is 0. The van der Waals surface area contributed by atoms with Gasteiger partial charge in [0.2, 0.25) is 5.91 Å². The van der Waals surface area contributed by atoms with Gasteiger partial charge >= 0.3 is 6.03 Å². The number of amides is 3. The predicted octanol–water partition coefficient (Wildman–Crippen LogP) is 1.69. The molecule has 142 valence electrons. The summed E-state index contributed by atoms with van der Waals surface area (Å²) >= 11 is 0. The van der Waals surface area contributed by atoms with Crippen molar-refractivity contribution in [1.82, 2.24) is 15.1 Å². The standard InChI is InChI=1S/C19H28N4O3/c1-3-14(2)20-18(24)13-22-7-9-23(10-8-22)19(25)21-16-4-5-17-15(12-16)6-11-26-17/h4-5,12,14H,3,6-11,13H2,1-2H3,(H,20,24)(H,21,25). The van der Waals surface area contributed by atoms with Gasteiger partial charge in [-0.3, -0.25) is 9.69 Å². The number of rotatable bonds is 5. The van der Waals surface area contributed by atoms with Crippen LogP contribution in [0.1, 0.15) is 25.8 Å². The van der Waals surface area contributed by atoms with E-state index >= 15 is 0 Å². The lowest BCUT2D eigenvalue weighted by molar-refractivity contribution is -0.123. The lowest BCUT2D eigenvalue weighted by atomic mass is 10.1. The first-order valence-corrected chi connectivity index (χ1v) is 9.38. The molecule has 7 nitrogen and oxygen atoms in total. The van der Waals surface area contributed by atoms with Crippen molar-refractivity contribution in [2.75, 3.05) is 44.6 Å². The molecule has 0 saturated carbocycles. The number of piperazine rings is 1. The molecule has 1 unspecified atom stereocenters. The zero-order chi connectivity index (χ0) is 18.5. The van der Waals surface area contributed by atoms with E-state index in [4.69, 9.17) is 4.74 Å². The van der Waals surface area contributed by atoms with Crippen LogP contribution in [0.15, 0.2) is 18.2 Å². The molecule has 0 radical (unpaired) electrons. The molecule has 1 atom stereocenters. The molecule has 2 aliphatic rings. The van der Waals surface area contributed by atoms with E-state index in [1.165, 1.54) is 0 Å². The van der Waals surface area contributed by atoms with Gasteiger partial charge in [0.15, 0.2) is 0 Å². The van der Waals surface area contributed by atoms with Crippen LogP contribution < -0.4 is 15.4 Å². The van der Waals surface area contributed by atoms with Gasteiger partial charge in [0, 0.05) is 44.3 Å². The van der Waals surface area contributed by atoms with Crippen molar-refractivity contribution in [3.05, 3.63) is 23.8 Å². The maximum Gasteiger partial charge on any atom is 0.321 e. The molecular formula is C19H28N4O3. The number of benzene rings is 1. The summed E-state index contributed by atoms with van der Waals surface area (Å²) in [6.45, 7) is 7.82. The third-order valence-electron chi connectivity index (χ3n) is 4.99. The van der Waals surface area contributed by atoms with Crippen LogP contribution in [-0.2, 0) is 11.2 Å². The van der Waals surface area contributed by atoms with E-state index in [1.807, 2.05) is 25.1 Å². The smallest absolute Gasteiger partial charge is 0.321 e. The minimum atomic E-state index is -0.0902. The van der Waals surface area contributed by atoms with E-state index in [0.29, 0.717) is 39.3 Å². The largest absolute Gasteiger partial charge is 0.493 e. The Kier molecular flexibility index (Phi) is 5.98. The Hall–Kier alpha value is -2.28. The minimum absolute atomic E-state index is 0.0533. The third kappa shape index (κ3) is 4.66. The maximum atomic E-state index is 12.5. The molecule has 0 aliphatic carbocycles. The summed E-state index contributed by atoms with van der Waals surface area (Å²) in [5.74, 6) is 0.963. The number of carbonyl (C=O) groups excluding carboxylic acids is 2. The van der Waals surface area contributed by atoms with E-state index in [9.17, 15) is 9.59 Å². The zero-order valence-corrected chi connectivity index (χ0v) is 15.6. The number of nitrogens with zero attached hydrogens (tertiary/aromatic N) is 2. The molecule has 2 heterocycles. The second-order valence-corrected chi connectivity index (χ2v) is 6.99. The van der Waals surface area contributed by atoms with Crippen LogP contribution in [0.3, 0.4) is 0 Å². The molecular weight excluding hydrogens is 332 g/mol. The quantitative estimate of drug-likeness (QED) is 0.838. The molecule has 1 fully saturated rings. The van der Waals surface area contributed by atoms with Gasteiger partial charge in [0.1, 0.15) is 5.75 Å². The second kappa shape index (κ2) is 8.40. The van der Waals surface area contributed by atoms with E-state index in [-0.39, 0.29) is 18.0 Å². The molecule has 3 amide bonds. The second-order valence-electron chi connectivity index (χ2n) is 6.99. The van der Waals surface area contributed by atoms with Crippen molar-refractivity contribution in [3.8, 4) is 5.75 Å². The number of fused-ring (bicyclic) bond motifs is 1. The van der Waals surface area contributed by atoms with Gasteiger partial charge in [-0.2, -0.15) is 0 Å². The molecule has 1 aromatic carbocycles. The van der Waals surface area contributed by atoms with Crippen LogP contribution in [-0.4, -0.2) is 67.1 Å². The van der Waals surface area contributed by atoms with Gasteiger partial charge in [0.25, 0.3) is 0 Å². The Labute approximate surface area is 154 Å². The van der Waals surface area contributed by atoms with Crippen LogP contribution in [0, 0.1) is 0 Å². The minimum Gasteiger partial charge on any atom is -0.493 e. The zero-order valence-electron chi connectivity index (χ0n) is 15.6. The van der Waals surface area contributed by atoms with Gasteiger partial charge in [-0.25, -0.2) is 4.79 Å². The lowest BCUT2D eigenvalue weighted by Gasteiger charge is -2.34. The molecule has 1 aromatic rings. The molecule has 7 heteroatoms. The third-order valence-corrected chi connectivity index (χ3v) is 4.99. The van der Waals surface area contributed by atoms with E-state index in [2.05, 4.69) is 22.5 Å². The average Bonchev–Trinajstić information content (AvgIpc) is 3.09. The fourth-order valence-corrected chi connectivity index (χ4v) is 3.20. The fraction of sp³-hybridized carbons (Fsp3) is 0.579. The van der Waals surface area contributed by atoms with Crippen LogP contribution in [0.5, 0.6) is 5.75 Å². The average molecular weight is 360 g/mol. The summed E-state index contributed by atoms with van der Waals surface area (Å²) in [4.78, 5) is 28.3. The summed E-state index contributed by atoms with van der Waals surface area (Å²) < 4.78 is 5.49. The Bertz CT molecular complexity index is 656. The van der Waals surface area contributed by atoms with Gasteiger partial charge in [-0.05, 0) is 37.1 Å². The number of hydrogen-bond donors (Lipinski definition) is 2. The van der Waals surface area contributed by atoms with Gasteiger partial charge < -0.3 is 20.3 Å². The normalized spacial score (nSPS) is 18.0. The Morgan fingerprint density at radius 1 is 1.23 bits per heavy atom. The SMILES string of the molecule is CCC(C)NC(=O)CN1CCN(C(=O)Nc2ccc3c(c2)CCO3)CC1. The highest BCUT2D eigenvalue weighted by molar-refractivity contribution is 5.89. The number of hydrogen-bond acceptors (Lipinski definition) is 4. The highest BCUT2D eigenvalue weighted by atomic mass is 16.5. The van der Waals surface area contributed by atoms with E-state index in [1.54, 1.807) is 4.90 Å². The van der Waals surface area contributed by atoms with Crippen molar-refractivity contribution < 1.29 is 14.3 Å². The topological polar surface area (TPSA) is 73.9 Å². The van der Waals surface area contributed by atoms with Crippen molar-refractivity contribution in [2.45, 2.75) is 32.7 Å². The number of ether oxygens (including phenoxy) is 1. The van der Waals surface area contributed by atoms with E-state index in [0.717, 1.165) is 29.8 Å². The van der Waals surface area contributed by atoms with Gasteiger partial charge in [-0.1, -0.05) is 6.92 Å². The number of urea groups is 1. The maximum absolute atomic E-state index is 12.5. The predicted molar refractivity (Wildman–Crippen MR) is 101 cm³/mol. The van der Waals surface area contributed by atoms with Gasteiger partial charge in [0.05, 0.1) is 13.2 Å². The Balaban J connectivity index is 1.44. The lowest BCUT2D eigenvalue weighted by Crippen LogP contribution is -2.52. The Morgan fingerprint density at radius 2 is 2.00 bits per heavy atom. The van der Waals surface area contributed by atoms with Crippen molar-refractivity contribution >= 4 is 17.6 Å². The molecule has 0 bridgehead atoms. The molecule has 2 N–H and O–H groups in total. The van der Waals surface area contributed by atoms with E-state index < -0.39 is 0 Å². The van der Waals surface area contributed by atoms with Crippen molar-refractivity contribution in [2.24, 2.45) is 0 Å². The van der Waals surface area contributed by atoms with Crippen LogP contribution >= 0.6 is 0 Å². The first kappa shape index (κ1) is 18.5. The van der Waals surface area contributed by atoms with Gasteiger partial charge in [-0.15, -0.1) is 0 Å². The number of nitrogens with one attached hydrogen (secondary N) is 2. The summed E-state index contributed by atoms with van der Waals surface area (Å²) in [5, 5.41) is 5.94. The van der Waals surface area contributed by atoms with Crippen molar-refractivity contribution in [1.29, 1.82) is 0 Å². The summed E-state index contributed by atoms with van der Waals surface area (Å²) in [6.07, 6.45) is 1.81.